The summed E-state index contributed by atoms with van der Waals surface area (Å²) in [6.07, 6.45) is 8.74. The van der Waals surface area contributed by atoms with E-state index in [1.807, 2.05) is 12.1 Å². The van der Waals surface area contributed by atoms with Gasteiger partial charge in [0.1, 0.15) is 17.7 Å². The predicted octanol–water partition coefficient (Wildman–Crippen LogP) is 2.98. The summed E-state index contributed by atoms with van der Waals surface area (Å²) < 4.78 is 0. The van der Waals surface area contributed by atoms with Crippen LogP contribution >= 0.6 is 0 Å². The third-order valence-corrected chi connectivity index (χ3v) is 5.43. The molecule has 4 nitrogen and oxygen atoms in total. The van der Waals surface area contributed by atoms with Gasteiger partial charge in [-0.05, 0) is 55.4 Å². The lowest BCUT2D eigenvalue weighted by Gasteiger charge is -2.39. The molecule has 1 saturated heterocycles. The first-order valence-corrected chi connectivity index (χ1v) is 8.68. The molecule has 0 aromatic rings. The van der Waals surface area contributed by atoms with Gasteiger partial charge in [-0.25, -0.2) is 0 Å². The second-order valence-electron chi connectivity index (χ2n) is 6.60. The normalized spacial score (nSPS) is 24.9. The predicted molar refractivity (Wildman–Crippen MR) is 90.1 cm³/mol. The Hall–Kier alpha value is -2.04. The second kappa shape index (κ2) is 7.02. The molecule has 1 aliphatic heterocycles. The number of likely N-dealkylation sites (N-methyl/N-ethyl adjacent to an activating group) is 1. The van der Waals surface area contributed by atoms with Crippen molar-refractivity contribution in [2.75, 3.05) is 32.7 Å². The molecule has 3 aliphatic rings. The molecule has 1 atom stereocenters. The number of nitrogens with zero attached hydrogens (tertiary/aromatic N) is 4. The summed E-state index contributed by atoms with van der Waals surface area (Å²) >= 11 is 0. The van der Waals surface area contributed by atoms with Crippen LogP contribution < -0.4 is 0 Å². The van der Waals surface area contributed by atoms with Gasteiger partial charge in [-0.15, -0.1) is 0 Å². The molecule has 0 radical (unpaired) electrons. The summed E-state index contributed by atoms with van der Waals surface area (Å²) in [5.41, 5.74) is 3.98. The molecule has 0 amide bonds. The number of hydrogen-bond acceptors (Lipinski definition) is 4. The third-order valence-electron chi connectivity index (χ3n) is 5.43. The molecule has 3 rings (SSSR count). The SMILES string of the molecule is CCN1CCN(C2=CC3=CC(=C(C#N)C#N)CC[C@H]3CC2)CC1. The van der Waals surface area contributed by atoms with Gasteiger partial charge in [0.15, 0.2) is 0 Å². The fourth-order valence-corrected chi connectivity index (χ4v) is 3.91. The van der Waals surface area contributed by atoms with Crippen LogP contribution in [-0.4, -0.2) is 42.5 Å². The number of piperazine rings is 1. The first-order valence-electron chi connectivity index (χ1n) is 8.68. The lowest BCUT2D eigenvalue weighted by atomic mass is 9.77. The molecule has 4 heteroatoms. The van der Waals surface area contributed by atoms with E-state index in [2.05, 4.69) is 28.9 Å². The Morgan fingerprint density at radius 3 is 2.43 bits per heavy atom. The summed E-state index contributed by atoms with van der Waals surface area (Å²) in [4.78, 5) is 5.02. The van der Waals surface area contributed by atoms with Gasteiger partial charge >= 0.3 is 0 Å². The molecular weight excluding hydrogens is 284 g/mol. The zero-order valence-corrected chi connectivity index (χ0v) is 13.9. The standard InChI is InChI=1S/C19H24N4/c1-2-22-7-9-23(10-8-22)19-6-5-15-3-4-16(11-17(15)12-19)18(13-20)14-21/h11-12,15H,2-10H2,1H3/t15-/m0/s1. The van der Waals surface area contributed by atoms with Crippen molar-refractivity contribution >= 4 is 0 Å². The summed E-state index contributed by atoms with van der Waals surface area (Å²) in [6.45, 7) is 7.88. The van der Waals surface area contributed by atoms with E-state index in [1.54, 1.807) is 0 Å². The van der Waals surface area contributed by atoms with E-state index >= 15 is 0 Å². The lowest BCUT2D eigenvalue weighted by Crippen LogP contribution is -2.45. The molecule has 1 heterocycles. The molecular formula is C19H24N4. The van der Waals surface area contributed by atoms with Crippen molar-refractivity contribution in [3.8, 4) is 12.1 Å². The van der Waals surface area contributed by atoms with Gasteiger partial charge in [-0.3, -0.25) is 0 Å². The Balaban J connectivity index is 1.80. The number of hydrogen-bond donors (Lipinski definition) is 0. The van der Waals surface area contributed by atoms with Crippen LogP contribution in [0.5, 0.6) is 0 Å². The molecule has 0 N–H and O–H groups in total. The fraction of sp³-hybridized carbons (Fsp3) is 0.579. The topological polar surface area (TPSA) is 54.1 Å². The molecule has 0 unspecified atom stereocenters. The van der Waals surface area contributed by atoms with Gasteiger partial charge in [-0.2, -0.15) is 10.5 Å². The maximum absolute atomic E-state index is 9.09. The maximum Gasteiger partial charge on any atom is 0.132 e. The minimum Gasteiger partial charge on any atom is -0.372 e. The number of rotatable bonds is 2. The van der Waals surface area contributed by atoms with E-state index in [0.29, 0.717) is 5.92 Å². The Labute approximate surface area is 139 Å². The van der Waals surface area contributed by atoms with Crippen LogP contribution in [-0.2, 0) is 0 Å². The molecule has 0 saturated carbocycles. The van der Waals surface area contributed by atoms with Crippen LogP contribution in [0.3, 0.4) is 0 Å². The van der Waals surface area contributed by atoms with E-state index < -0.39 is 0 Å². The Kier molecular flexibility index (Phi) is 4.84. The zero-order valence-electron chi connectivity index (χ0n) is 13.9. The maximum atomic E-state index is 9.09. The van der Waals surface area contributed by atoms with Crippen molar-refractivity contribution in [2.45, 2.75) is 32.6 Å². The van der Waals surface area contributed by atoms with Gasteiger partial charge < -0.3 is 9.80 Å². The fourth-order valence-electron chi connectivity index (χ4n) is 3.91. The highest BCUT2D eigenvalue weighted by atomic mass is 15.3. The summed E-state index contributed by atoms with van der Waals surface area (Å²) in [5.74, 6) is 0.609. The molecule has 120 valence electrons. The first kappa shape index (κ1) is 15.8. The monoisotopic (exact) mass is 308 g/mol. The molecule has 0 aromatic carbocycles. The number of nitriles is 2. The highest BCUT2D eigenvalue weighted by Crippen LogP contribution is 2.38. The van der Waals surface area contributed by atoms with Crippen LogP contribution in [0.4, 0.5) is 0 Å². The quantitative estimate of drug-likeness (QED) is 0.736. The summed E-state index contributed by atoms with van der Waals surface area (Å²) in [7, 11) is 0. The molecule has 23 heavy (non-hydrogen) atoms. The van der Waals surface area contributed by atoms with Crippen molar-refractivity contribution < 1.29 is 0 Å². The Morgan fingerprint density at radius 1 is 1.09 bits per heavy atom. The minimum atomic E-state index is 0.285. The molecule has 0 spiro atoms. The summed E-state index contributed by atoms with van der Waals surface area (Å²) in [5, 5.41) is 18.2. The van der Waals surface area contributed by atoms with Crippen LogP contribution in [0.2, 0.25) is 0 Å². The van der Waals surface area contributed by atoms with Crippen molar-refractivity contribution in [2.24, 2.45) is 5.92 Å². The first-order chi connectivity index (χ1) is 11.2. The van der Waals surface area contributed by atoms with Gasteiger partial charge in [-0.1, -0.05) is 13.0 Å². The largest absolute Gasteiger partial charge is 0.372 e. The van der Waals surface area contributed by atoms with E-state index in [1.165, 1.54) is 17.7 Å². The Morgan fingerprint density at radius 2 is 1.78 bits per heavy atom. The summed E-state index contributed by atoms with van der Waals surface area (Å²) in [6, 6.07) is 4.08. The van der Waals surface area contributed by atoms with Crippen molar-refractivity contribution in [3.05, 3.63) is 34.6 Å². The van der Waals surface area contributed by atoms with Crippen LogP contribution in [0, 0.1) is 28.6 Å². The van der Waals surface area contributed by atoms with Gasteiger partial charge in [0.2, 0.25) is 0 Å². The highest BCUT2D eigenvalue weighted by Gasteiger charge is 2.27. The number of allylic oxidation sites excluding steroid dienone is 6. The average Bonchev–Trinajstić information content (AvgIpc) is 2.62. The van der Waals surface area contributed by atoms with Crippen molar-refractivity contribution in [1.82, 2.24) is 9.80 Å². The lowest BCUT2D eigenvalue weighted by molar-refractivity contribution is 0.159. The van der Waals surface area contributed by atoms with E-state index in [0.717, 1.165) is 57.6 Å². The molecule has 1 fully saturated rings. The number of fused-ring (bicyclic) bond motifs is 1. The van der Waals surface area contributed by atoms with E-state index in [-0.39, 0.29) is 5.57 Å². The van der Waals surface area contributed by atoms with E-state index in [9.17, 15) is 0 Å². The zero-order chi connectivity index (χ0) is 16.2. The van der Waals surface area contributed by atoms with Gasteiger partial charge in [0.25, 0.3) is 0 Å². The molecule has 0 aromatic heterocycles. The second-order valence-corrected chi connectivity index (χ2v) is 6.60. The van der Waals surface area contributed by atoms with Crippen LogP contribution in [0.1, 0.15) is 32.6 Å². The molecule has 0 bridgehead atoms. The third kappa shape index (κ3) is 3.33. The van der Waals surface area contributed by atoms with Gasteiger partial charge in [0, 0.05) is 31.9 Å². The van der Waals surface area contributed by atoms with Crippen LogP contribution in [0.25, 0.3) is 0 Å². The average molecular weight is 308 g/mol. The minimum absolute atomic E-state index is 0.285. The Bertz CT molecular complexity index is 617. The highest BCUT2D eigenvalue weighted by molar-refractivity contribution is 5.49. The van der Waals surface area contributed by atoms with Crippen molar-refractivity contribution in [3.63, 3.8) is 0 Å². The van der Waals surface area contributed by atoms with Crippen molar-refractivity contribution in [1.29, 1.82) is 10.5 Å². The van der Waals surface area contributed by atoms with Gasteiger partial charge in [0.05, 0.1) is 0 Å². The van der Waals surface area contributed by atoms with Crippen LogP contribution in [0.15, 0.2) is 34.6 Å². The smallest absolute Gasteiger partial charge is 0.132 e. The van der Waals surface area contributed by atoms with E-state index in [4.69, 9.17) is 10.5 Å². The molecule has 2 aliphatic carbocycles.